The van der Waals surface area contributed by atoms with Crippen molar-refractivity contribution in [3.05, 3.63) is 66.8 Å². The fourth-order valence-corrected chi connectivity index (χ4v) is 3.08. The van der Waals surface area contributed by atoms with Crippen LogP contribution in [0, 0.1) is 37.8 Å². The van der Waals surface area contributed by atoms with Crippen LogP contribution in [0.15, 0.2) is 27.4 Å². The first kappa shape index (κ1) is 19.3. The fraction of sp³-hybridized carbons (Fsp3) is 0.316. The molecule has 0 unspecified atom stereocenters. The van der Waals surface area contributed by atoms with Gasteiger partial charge in [-0.15, -0.1) is 0 Å². The summed E-state index contributed by atoms with van der Waals surface area (Å²) in [6, 6.07) is 5.00. The van der Waals surface area contributed by atoms with Crippen LogP contribution in [-0.2, 0) is 22.7 Å². The highest BCUT2D eigenvalue weighted by Crippen LogP contribution is 2.24. The van der Waals surface area contributed by atoms with Gasteiger partial charge in [0, 0.05) is 17.0 Å². The first-order valence-corrected chi connectivity index (χ1v) is 8.56. The number of nitro groups is 1. The summed E-state index contributed by atoms with van der Waals surface area (Å²) in [4.78, 5) is 34.6. The molecule has 0 spiro atoms. The van der Waals surface area contributed by atoms with Crippen molar-refractivity contribution in [2.24, 2.45) is 0 Å². The van der Waals surface area contributed by atoms with Gasteiger partial charge in [0.1, 0.15) is 30.1 Å². The Bertz CT molecular complexity index is 1160. The van der Waals surface area contributed by atoms with Crippen LogP contribution in [0.5, 0.6) is 0 Å². The highest BCUT2D eigenvalue weighted by atomic mass is 16.6. The number of benzene rings is 1. The van der Waals surface area contributed by atoms with E-state index in [0.717, 1.165) is 11.1 Å². The molecular formula is C19H19N3O6. The molecule has 0 amide bonds. The van der Waals surface area contributed by atoms with Crippen LogP contribution < -0.4 is 5.63 Å². The quantitative estimate of drug-likeness (QED) is 0.287. The molecule has 2 heterocycles. The van der Waals surface area contributed by atoms with Gasteiger partial charge in [-0.05, 0) is 38.8 Å². The van der Waals surface area contributed by atoms with E-state index >= 15 is 0 Å². The van der Waals surface area contributed by atoms with Crippen molar-refractivity contribution in [3.63, 3.8) is 0 Å². The number of fused-ring (bicyclic) bond motifs is 1. The molecule has 9 heteroatoms. The average molecular weight is 385 g/mol. The summed E-state index contributed by atoms with van der Waals surface area (Å²) in [6.45, 7) is 6.41. The molecule has 0 aliphatic rings. The maximum absolute atomic E-state index is 12.2. The lowest BCUT2D eigenvalue weighted by atomic mass is 10.0. The molecule has 0 bridgehead atoms. The third-order valence-corrected chi connectivity index (χ3v) is 4.71. The molecule has 0 aliphatic heterocycles. The van der Waals surface area contributed by atoms with Gasteiger partial charge in [0.05, 0.1) is 4.92 Å². The van der Waals surface area contributed by atoms with E-state index in [0.29, 0.717) is 16.5 Å². The van der Waals surface area contributed by atoms with E-state index in [2.05, 4.69) is 5.10 Å². The molecule has 0 saturated carbocycles. The molecule has 0 N–H and O–H groups in total. The van der Waals surface area contributed by atoms with Crippen LogP contribution >= 0.6 is 0 Å². The Morgan fingerprint density at radius 3 is 2.64 bits per heavy atom. The fourth-order valence-electron chi connectivity index (χ4n) is 3.08. The zero-order chi connectivity index (χ0) is 20.6. The molecular weight excluding hydrogens is 366 g/mol. The number of aryl methyl sites for hydroxylation is 3. The highest BCUT2D eigenvalue weighted by molar-refractivity contribution is 5.84. The van der Waals surface area contributed by atoms with Crippen molar-refractivity contribution >= 4 is 22.6 Å². The Kier molecular flexibility index (Phi) is 5.00. The van der Waals surface area contributed by atoms with Crippen molar-refractivity contribution < 1.29 is 18.9 Å². The molecule has 1 aromatic carbocycles. The molecule has 0 atom stereocenters. The van der Waals surface area contributed by atoms with Gasteiger partial charge in [0.2, 0.25) is 0 Å². The van der Waals surface area contributed by atoms with Crippen LogP contribution in [-0.4, -0.2) is 20.7 Å². The maximum atomic E-state index is 12.2. The monoisotopic (exact) mass is 385 g/mol. The number of aromatic nitrogens is 2. The zero-order valence-corrected chi connectivity index (χ0v) is 15.9. The second-order valence-electron chi connectivity index (χ2n) is 6.57. The molecule has 3 rings (SSSR count). The van der Waals surface area contributed by atoms with E-state index < -0.39 is 16.5 Å². The minimum absolute atomic E-state index is 0.120. The van der Waals surface area contributed by atoms with E-state index in [1.54, 1.807) is 0 Å². The summed E-state index contributed by atoms with van der Waals surface area (Å²) in [5, 5.41) is 15.8. The topological polar surface area (TPSA) is 117 Å². The Labute approximate surface area is 159 Å². The van der Waals surface area contributed by atoms with Crippen LogP contribution in [0.1, 0.15) is 28.1 Å². The van der Waals surface area contributed by atoms with Crippen molar-refractivity contribution in [3.8, 4) is 0 Å². The summed E-state index contributed by atoms with van der Waals surface area (Å²) >= 11 is 0. The SMILES string of the molecule is Cc1ccc2c(COC(=O)Cn3nc(C)c([N+](=O)[O-])c3C)cc(=O)oc2c1C. The number of hydrogen-bond acceptors (Lipinski definition) is 7. The van der Waals surface area contributed by atoms with E-state index in [1.807, 2.05) is 26.0 Å². The van der Waals surface area contributed by atoms with Gasteiger partial charge in [-0.3, -0.25) is 19.6 Å². The molecule has 0 aliphatic carbocycles. The summed E-state index contributed by atoms with van der Waals surface area (Å²) in [5.74, 6) is -0.620. The Morgan fingerprint density at radius 2 is 2.00 bits per heavy atom. The van der Waals surface area contributed by atoms with Gasteiger partial charge in [0.25, 0.3) is 0 Å². The first-order valence-electron chi connectivity index (χ1n) is 8.56. The predicted molar refractivity (Wildman–Crippen MR) is 100 cm³/mol. The number of carbonyl (C=O) groups is 1. The van der Waals surface area contributed by atoms with Gasteiger partial charge in [-0.25, -0.2) is 4.79 Å². The summed E-state index contributed by atoms with van der Waals surface area (Å²) in [5.41, 5.74) is 2.68. The lowest BCUT2D eigenvalue weighted by Gasteiger charge is -2.10. The number of ether oxygens (including phenoxy) is 1. The van der Waals surface area contributed by atoms with Crippen LogP contribution in [0.3, 0.4) is 0 Å². The van der Waals surface area contributed by atoms with Crippen molar-refractivity contribution in [2.45, 2.75) is 40.8 Å². The molecule has 146 valence electrons. The lowest BCUT2D eigenvalue weighted by molar-refractivity contribution is -0.386. The summed E-state index contributed by atoms with van der Waals surface area (Å²) in [6.07, 6.45) is 0. The third-order valence-electron chi connectivity index (χ3n) is 4.71. The standard InChI is InChI=1S/C19H19N3O6/c1-10-5-6-15-14(7-16(23)28-19(15)11(10)2)9-27-17(24)8-21-13(4)18(22(25)26)12(3)20-21/h5-7H,8-9H2,1-4H3. The van der Waals surface area contributed by atoms with Gasteiger partial charge in [-0.1, -0.05) is 12.1 Å². The zero-order valence-electron chi connectivity index (χ0n) is 15.9. The molecule has 0 saturated heterocycles. The smallest absolute Gasteiger partial charge is 0.336 e. The third kappa shape index (κ3) is 3.51. The van der Waals surface area contributed by atoms with E-state index in [1.165, 1.54) is 24.6 Å². The predicted octanol–water partition coefficient (Wildman–Crippen LogP) is 2.87. The Hall–Kier alpha value is -3.49. The maximum Gasteiger partial charge on any atom is 0.336 e. The normalized spacial score (nSPS) is 11.0. The Balaban J connectivity index is 1.81. The van der Waals surface area contributed by atoms with Crippen LogP contribution in [0.25, 0.3) is 11.0 Å². The second kappa shape index (κ2) is 7.26. The summed E-state index contributed by atoms with van der Waals surface area (Å²) < 4.78 is 11.8. The first-order chi connectivity index (χ1) is 13.2. The van der Waals surface area contributed by atoms with Crippen molar-refractivity contribution in [2.75, 3.05) is 0 Å². The number of esters is 1. The molecule has 3 aromatic rings. The average Bonchev–Trinajstić information content (AvgIpc) is 2.90. The summed E-state index contributed by atoms with van der Waals surface area (Å²) in [7, 11) is 0. The molecule has 28 heavy (non-hydrogen) atoms. The van der Waals surface area contributed by atoms with Gasteiger partial charge < -0.3 is 9.15 Å². The number of nitrogens with zero attached hydrogens (tertiary/aromatic N) is 3. The molecule has 9 nitrogen and oxygen atoms in total. The number of carbonyl (C=O) groups excluding carboxylic acids is 1. The number of hydrogen-bond donors (Lipinski definition) is 0. The van der Waals surface area contributed by atoms with E-state index in [9.17, 15) is 19.7 Å². The highest BCUT2D eigenvalue weighted by Gasteiger charge is 2.23. The van der Waals surface area contributed by atoms with Gasteiger partial charge >= 0.3 is 17.3 Å². The van der Waals surface area contributed by atoms with Crippen molar-refractivity contribution in [1.29, 1.82) is 0 Å². The molecule has 2 aromatic heterocycles. The van der Waals surface area contributed by atoms with E-state index in [-0.39, 0.29) is 30.2 Å². The van der Waals surface area contributed by atoms with Gasteiger partial charge in [-0.2, -0.15) is 5.10 Å². The van der Waals surface area contributed by atoms with Crippen LogP contribution in [0.2, 0.25) is 0 Å². The van der Waals surface area contributed by atoms with E-state index in [4.69, 9.17) is 9.15 Å². The second-order valence-corrected chi connectivity index (χ2v) is 6.57. The van der Waals surface area contributed by atoms with Crippen molar-refractivity contribution in [1.82, 2.24) is 9.78 Å². The minimum Gasteiger partial charge on any atom is -0.459 e. The largest absolute Gasteiger partial charge is 0.459 e. The Morgan fingerprint density at radius 1 is 1.29 bits per heavy atom. The lowest BCUT2D eigenvalue weighted by Crippen LogP contribution is -2.16. The number of rotatable bonds is 5. The molecule has 0 fully saturated rings. The van der Waals surface area contributed by atoms with Crippen LogP contribution in [0.4, 0.5) is 5.69 Å². The van der Waals surface area contributed by atoms with Gasteiger partial charge in [0.15, 0.2) is 0 Å². The minimum atomic E-state index is -0.620. The molecule has 0 radical (unpaired) electrons.